The first-order valence-corrected chi connectivity index (χ1v) is 2.93. The average molecular weight is 110 g/mol. The Hall–Kier alpha value is -0.265. The molecule has 0 aliphatic rings. The fourth-order valence-corrected chi connectivity index (χ4v) is 0.385. The Morgan fingerprint density at radius 2 is 1.75 bits per heavy atom. The summed E-state index contributed by atoms with van der Waals surface area (Å²) in [6, 6.07) is 0. The molecular formula is C6H13BN. The van der Waals surface area contributed by atoms with Crippen LogP contribution in [0.1, 0.15) is 20.8 Å². The van der Waals surface area contributed by atoms with Crippen molar-refractivity contribution in [3.63, 3.8) is 0 Å². The number of rotatable bonds is 2. The van der Waals surface area contributed by atoms with Gasteiger partial charge in [0.2, 0.25) is 0 Å². The van der Waals surface area contributed by atoms with Gasteiger partial charge in [-0.2, -0.15) is 0 Å². The topological polar surface area (TPSA) is 26.0 Å². The predicted octanol–water partition coefficient (Wildman–Crippen LogP) is 0.536. The molecule has 0 spiro atoms. The van der Waals surface area contributed by atoms with Gasteiger partial charge in [-0.25, -0.2) is 0 Å². The molecule has 0 fully saturated rings. The molecule has 1 radical (unpaired) electrons. The number of hydrogen-bond acceptors (Lipinski definition) is 1. The van der Waals surface area contributed by atoms with Crippen molar-refractivity contribution in [2.75, 3.05) is 0 Å². The Morgan fingerprint density at radius 1 is 1.38 bits per heavy atom. The Labute approximate surface area is 52.3 Å². The molecule has 1 nitrogen and oxygen atoms in total. The molecule has 0 saturated carbocycles. The van der Waals surface area contributed by atoms with E-state index in [1.54, 1.807) is 0 Å². The van der Waals surface area contributed by atoms with Gasteiger partial charge in [0, 0.05) is 0 Å². The van der Waals surface area contributed by atoms with Crippen LogP contribution in [-0.2, 0) is 0 Å². The van der Waals surface area contributed by atoms with Gasteiger partial charge >= 0.3 is 51.4 Å². The molecule has 2 heteroatoms. The molecule has 0 heterocycles. The molecule has 2 N–H and O–H groups in total. The van der Waals surface area contributed by atoms with Crippen LogP contribution >= 0.6 is 0 Å². The molecule has 0 aromatic carbocycles. The van der Waals surface area contributed by atoms with Crippen molar-refractivity contribution in [2.45, 2.75) is 20.8 Å². The van der Waals surface area contributed by atoms with Gasteiger partial charge < -0.3 is 0 Å². The molecule has 1 atom stereocenters. The minimum atomic E-state index is 0.343. The molecule has 0 aliphatic heterocycles. The molecule has 45 valence electrons. The van der Waals surface area contributed by atoms with Crippen LogP contribution in [0.15, 0.2) is 0 Å². The first-order chi connectivity index (χ1) is 3.55. The van der Waals surface area contributed by atoms with Crippen LogP contribution in [0.3, 0.4) is 0 Å². The Bertz CT molecular complexity index is 88.5. The Balaban J connectivity index is 3.64. The van der Waals surface area contributed by atoms with Crippen molar-refractivity contribution in [1.29, 1.82) is 0 Å². The van der Waals surface area contributed by atoms with E-state index in [1.165, 1.54) is 0 Å². The van der Waals surface area contributed by atoms with Gasteiger partial charge in [-0.3, -0.25) is 0 Å². The zero-order valence-corrected chi connectivity index (χ0v) is 5.81. The van der Waals surface area contributed by atoms with Gasteiger partial charge in [0.1, 0.15) is 0 Å². The average Bonchev–Trinajstić information content (AvgIpc) is 1.64. The predicted molar refractivity (Wildman–Crippen MR) is 39.0 cm³/mol. The van der Waals surface area contributed by atoms with E-state index in [9.17, 15) is 0 Å². The molecule has 1 unspecified atom stereocenters. The van der Waals surface area contributed by atoms with Crippen LogP contribution < -0.4 is 5.73 Å². The third-order valence-corrected chi connectivity index (χ3v) is 1.53. The van der Waals surface area contributed by atoms with E-state index in [-0.39, 0.29) is 0 Å². The fraction of sp³-hybridized carbons (Fsp3) is 0.833. The second-order valence-corrected chi connectivity index (χ2v) is 2.53. The molecule has 0 rings (SSSR count). The molecule has 8 heavy (non-hydrogen) atoms. The first-order valence-electron chi connectivity index (χ1n) is 2.93. The van der Waals surface area contributed by atoms with Gasteiger partial charge in [-0.15, -0.1) is 0 Å². The normalized spacial score (nSPS) is 13.9. The van der Waals surface area contributed by atoms with E-state index >= 15 is 0 Å². The molecule has 0 amide bonds. The standard InChI is InChI=1S/C6H13BN/c1-4(2)5(3)6(7)8/h4-5H,8H2,1-3H3. The molecule has 0 saturated heterocycles. The maximum atomic E-state index is 5.33. The van der Waals surface area contributed by atoms with Crippen LogP contribution in [-0.4, -0.2) is 13.1 Å². The second kappa shape index (κ2) is 2.90. The molecule has 0 aromatic heterocycles. The number of hydrogen-bond donors (Lipinski definition) is 1. The van der Waals surface area contributed by atoms with E-state index in [4.69, 9.17) is 13.2 Å². The van der Waals surface area contributed by atoms with E-state index in [0.29, 0.717) is 17.4 Å². The third kappa shape index (κ3) is 2.15. The van der Waals surface area contributed by atoms with Crippen molar-refractivity contribution in [2.24, 2.45) is 17.6 Å². The van der Waals surface area contributed by atoms with Crippen molar-refractivity contribution in [3.05, 3.63) is 0 Å². The van der Waals surface area contributed by atoms with Gasteiger partial charge in [-0.1, -0.05) is 0 Å². The second-order valence-electron chi connectivity index (χ2n) is 2.53. The molecule has 0 bridgehead atoms. The maximum absolute atomic E-state index is 5.33. The summed E-state index contributed by atoms with van der Waals surface area (Å²) in [6.07, 6.45) is 0. The molecular weight excluding hydrogens is 96.9 g/mol. The summed E-state index contributed by atoms with van der Waals surface area (Å²) >= 11 is 0. The van der Waals surface area contributed by atoms with Gasteiger partial charge in [0.05, 0.1) is 0 Å². The zero-order chi connectivity index (χ0) is 6.73. The first kappa shape index (κ1) is 7.73. The summed E-state index contributed by atoms with van der Waals surface area (Å²) in [5.41, 5.74) is 5.87. The Kier molecular flexibility index (Phi) is 2.81. The zero-order valence-electron chi connectivity index (χ0n) is 5.81. The van der Waals surface area contributed by atoms with Gasteiger partial charge in [-0.05, 0) is 0 Å². The summed E-state index contributed by atoms with van der Waals surface area (Å²) < 4.78 is 0. The van der Waals surface area contributed by atoms with E-state index in [2.05, 4.69) is 13.8 Å². The summed E-state index contributed by atoms with van der Waals surface area (Å²) in [6.45, 7) is 6.23. The van der Waals surface area contributed by atoms with Crippen molar-refractivity contribution in [3.8, 4) is 0 Å². The van der Waals surface area contributed by atoms with Crippen LogP contribution in [0.25, 0.3) is 0 Å². The van der Waals surface area contributed by atoms with Crippen LogP contribution in [0.5, 0.6) is 0 Å². The monoisotopic (exact) mass is 110 g/mol. The van der Waals surface area contributed by atoms with E-state index < -0.39 is 0 Å². The SMILES string of the molecule is [B]=C(N)C(C)C(C)C. The van der Waals surface area contributed by atoms with Crippen molar-refractivity contribution >= 4 is 13.1 Å². The quantitative estimate of drug-likeness (QED) is 0.515. The van der Waals surface area contributed by atoms with Crippen LogP contribution in [0, 0.1) is 11.8 Å². The van der Waals surface area contributed by atoms with Crippen molar-refractivity contribution < 1.29 is 0 Å². The van der Waals surface area contributed by atoms with E-state index in [1.807, 2.05) is 6.92 Å². The van der Waals surface area contributed by atoms with Gasteiger partial charge in [0.15, 0.2) is 0 Å². The van der Waals surface area contributed by atoms with Gasteiger partial charge in [0.25, 0.3) is 0 Å². The van der Waals surface area contributed by atoms with Crippen LogP contribution in [0.4, 0.5) is 0 Å². The summed E-state index contributed by atoms with van der Waals surface area (Å²) in [7, 11) is 5.33. The summed E-state index contributed by atoms with van der Waals surface area (Å²) in [4.78, 5) is 0. The Morgan fingerprint density at radius 3 is 1.75 bits per heavy atom. The molecule has 0 aromatic rings. The minimum absolute atomic E-state index is 0.343. The van der Waals surface area contributed by atoms with Crippen molar-refractivity contribution in [1.82, 2.24) is 0 Å². The number of nitrogens with two attached hydrogens (primary N) is 1. The van der Waals surface area contributed by atoms with Crippen LogP contribution in [0.2, 0.25) is 0 Å². The molecule has 0 aliphatic carbocycles. The van der Waals surface area contributed by atoms with E-state index in [0.717, 1.165) is 0 Å². The third-order valence-electron chi connectivity index (χ3n) is 1.53. The fourth-order valence-electron chi connectivity index (χ4n) is 0.385. The summed E-state index contributed by atoms with van der Waals surface area (Å²) in [5, 5.41) is 0. The summed E-state index contributed by atoms with van der Waals surface area (Å²) in [5.74, 6) is 0.898.